The van der Waals surface area contributed by atoms with Crippen molar-refractivity contribution in [2.24, 2.45) is 5.41 Å². The molecule has 1 aromatic rings. The first kappa shape index (κ1) is 16.3. The van der Waals surface area contributed by atoms with Crippen molar-refractivity contribution in [3.8, 4) is 17.6 Å². The Balaban J connectivity index is 3.15. The van der Waals surface area contributed by atoms with Crippen LogP contribution in [0.3, 0.4) is 0 Å². The third-order valence-electron chi connectivity index (χ3n) is 3.19. The molecule has 0 amide bonds. The summed E-state index contributed by atoms with van der Waals surface area (Å²) in [5.41, 5.74) is 0.363. The van der Waals surface area contributed by atoms with Crippen LogP contribution in [-0.2, 0) is 0 Å². The summed E-state index contributed by atoms with van der Waals surface area (Å²) in [6, 6.07) is 7.52. The predicted molar refractivity (Wildman–Crippen MR) is 78.0 cm³/mol. The Labute approximate surface area is 120 Å². The second kappa shape index (κ2) is 6.62. The number of nitrogens with zero attached hydrogens (tertiary/aromatic N) is 1. The van der Waals surface area contributed by atoms with Crippen molar-refractivity contribution in [3.63, 3.8) is 0 Å². The number of aliphatic hydroxyl groups excluding tert-OH is 1. The van der Waals surface area contributed by atoms with Gasteiger partial charge in [-0.1, -0.05) is 26.8 Å². The van der Waals surface area contributed by atoms with Gasteiger partial charge in [-0.2, -0.15) is 5.26 Å². The minimum atomic E-state index is -0.754. The molecule has 4 heteroatoms. The standard InChI is InChI=1S/C16H23NO3/c1-6-20-13-8-7-11(9-14(13)19-5)12(10-17)15(18)16(2,3)4/h7-9,12,15,18H,6H2,1-5H3. The minimum Gasteiger partial charge on any atom is -0.493 e. The van der Waals surface area contributed by atoms with Crippen LogP contribution in [0.15, 0.2) is 18.2 Å². The quantitative estimate of drug-likeness (QED) is 0.898. The van der Waals surface area contributed by atoms with Gasteiger partial charge >= 0.3 is 0 Å². The van der Waals surface area contributed by atoms with E-state index in [1.807, 2.05) is 27.7 Å². The van der Waals surface area contributed by atoms with Gasteiger partial charge in [0.05, 0.1) is 31.8 Å². The average molecular weight is 277 g/mol. The third-order valence-corrected chi connectivity index (χ3v) is 3.19. The largest absolute Gasteiger partial charge is 0.493 e. The number of ether oxygens (including phenoxy) is 2. The molecule has 0 aliphatic rings. The summed E-state index contributed by atoms with van der Waals surface area (Å²) < 4.78 is 10.7. The topological polar surface area (TPSA) is 62.5 Å². The van der Waals surface area contributed by atoms with Crippen LogP contribution in [0.1, 0.15) is 39.2 Å². The first-order valence-electron chi connectivity index (χ1n) is 6.73. The van der Waals surface area contributed by atoms with Crippen LogP contribution in [0, 0.1) is 16.7 Å². The second-order valence-electron chi connectivity index (χ2n) is 5.76. The molecule has 1 N–H and O–H groups in total. The van der Waals surface area contributed by atoms with Gasteiger partial charge < -0.3 is 14.6 Å². The van der Waals surface area contributed by atoms with Crippen LogP contribution in [0.2, 0.25) is 0 Å². The molecule has 0 fully saturated rings. The molecule has 0 aliphatic heterocycles. The fourth-order valence-electron chi connectivity index (χ4n) is 1.98. The normalized spacial score (nSPS) is 14.2. The van der Waals surface area contributed by atoms with E-state index in [1.165, 1.54) is 0 Å². The van der Waals surface area contributed by atoms with Gasteiger partial charge in [-0.15, -0.1) is 0 Å². The van der Waals surface area contributed by atoms with E-state index in [4.69, 9.17) is 9.47 Å². The molecule has 0 saturated heterocycles. The Morgan fingerprint density at radius 1 is 1.30 bits per heavy atom. The molecule has 0 heterocycles. The molecular formula is C16H23NO3. The van der Waals surface area contributed by atoms with E-state index in [2.05, 4.69) is 6.07 Å². The molecule has 110 valence electrons. The number of benzene rings is 1. The van der Waals surface area contributed by atoms with Gasteiger partial charge in [-0.05, 0) is 30.0 Å². The molecule has 0 saturated carbocycles. The summed E-state index contributed by atoms with van der Waals surface area (Å²) in [6.07, 6.45) is -0.754. The first-order valence-corrected chi connectivity index (χ1v) is 6.73. The zero-order valence-corrected chi connectivity index (χ0v) is 12.8. The Hall–Kier alpha value is -1.73. The van der Waals surface area contributed by atoms with Crippen LogP contribution in [0.4, 0.5) is 0 Å². The third kappa shape index (κ3) is 3.64. The molecule has 0 radical (unpaired) electrons. The Morgan fingerprint density at radius 3 is 2.40 bits per heavy atom. The number of nitriles is 1. The zero-order chi connectivity index (χ0) is 15.3. The number of rotatable bonds is 5. The van der Waals surface area contributed by atoms with Gasteiger partial charge in [0.2, 0.25) is 0 Å². The van der Waals surface area contributed by atoms with E-state index >= 15 is 0 Å². The fraction of sp³-hybridized carbons (Fsp3) is 0.562. The lowest BCUT2D eigenvalue weighted by molar-refractivity contribution is 0.0526. The maximum atomic E-state index is 10.3. The number of hydrogen-bond donors (Lipinski definition) is 1. The summed E-state index contributed by atoms with van der Waals surface area (Å²) in [4.78, 5) is 0. The zero-order valence-electron chi connectivity index (χ0n) is 12.8. The fourth-order valence-corrected chi connectivity index (χ4v) is 1.98. The van der Waals surface area contributed by atoms with Crippen LogP contribution in [0.5, 0.6) is 11.5 Å². The van der Waals surface area contributed by atoms with Crippen molar-refractivity contribution in [1.82, 2.24) is 0 Å². The Bertz CT molecular complexity index is 485. The molecule has 2 unspecified atom stereocenters. The molecule has 0 bridgehead atoms. The second-order valence-corrected chi connectivity index (χ2v) is 5.76. The molecule has 2 atom stereocenters. The summed E-state index contributed by atoms with van der Waals surface area (Å²) in [6.45, 7) is 8.17. The first-order chi connectivity index (χ1) is 9.35. The van der Waals surface area contributed by atoms with Crippen LogP contribution < -0.4 is 9.47 Å². The van der Waals surface area contributed by atoms with Gasteiger partial charge in [0.15, 0.2) is 11.5 Å². The summed E-state index contributed by atoms with van der Waals surface area (Å²) in [7, 11) is 1.56. The average Bonchev–Trinajstić information content (AvgIpc) is 2.40. The van der Waals surface area contributed by atoms with E-state index in [0.717, 1.165) is 5.56 Å². The number of aliphatic hydroxyl groups is 1. The summed E-state index contributed by atoms with van der Waals surface area (Å²) >= 11 is 0. The molecule has 0 spiro atoms. The number of methoxy groups -OCH3 is 1. The van der Waals surface area contributed by atoms with E-state index in [-0.39, 0.29) is 5.41 Å². The Kier molecular flexibility index (Phi) is 5.41. The Morgan fingerprint density at radius 2 is 1.95 bits per heavy atom. The molecular weight excluding hydrogens is 254 g/mol. The van der Waals surface area contributed by atoms with Gasteiger partial charge in [0.25, 0.3) is 0 Å². The van der Waals surface area contributed by atoms with Crippen molar-refractivity contribution >= 4 is 0 Å². The SMILES string of the molecule is CCOc1ccc(C(C#N)C(O)C(C)(C)C)cc1OC. The highest BCUT2D eigenvalue weighted by molar-refractivity contribution is 5.45. The monoisotopic (exact) mass is 277 g/mol. The lowest BCUT2D eigenvalue weighted by Crippen LogP contribution is -2.31. The summed E-state index contributed by atoms with van der Waals surface area (Å²) in [5, 5.41) is 19.7. The maximum Gasteiger partial charge on any atom is 0.161 e. The molecule has 4 nitrogen and oxygen atoms in total. The highest BCUT2D eigenvalue weighted by atomic mass is 16.5. The van der Waals surface area contributed by atoms with Crippen molar-refractivity contribution < 1.29 is 14.6 Å². The van der Waals surface area contributed by atoms with Crippen molar-refractivity contribution in [1.29, 1.82) is 5.26 Å². The van der Waals surface area contributed by atoms with E-state index in [1.54, 1.807) is 25.3 Å². The predicted octanol–water partition coefficient (Wildman–Crippen LogP) is 3.11. The summed E-state index contributed by atoms with van der Waals surface area (Å²) in [5.74, 6) is 0.617. The minimum absolute atomic E-state index is 0.369. The van der Waals surface area contributed by atoms with E-state index in [0.29, 0.717) is 18.1 Å². The van der Waals surface area contributed by atoms with Crippen molar-refractivity contribution in [2.45, 2.75) is 39.7 Å². The molecule has 20 heavy (non-hydrogen) atoms. The van der Waals surface area contributed by atoms with Crippen LogP contribution in [0.25, 0.3) is 0 Å². The van der Waals surface area contributed by atoms with Gasteiger partial charge in [-0.3, -0.25) is 0 Å². The molecule has 0 aliphatic carbocycles. The smallest absolute Gasteiger partial charge is 0.161 e. The van der Waals surface area contributed by atoms with Gasteiger partial charge in [-0.25, -0.2) is 0 Å². The van der Waals surface area contributed by atoms with E-state index < -0.39 is 12.0 Å². The molecule has 1 rings (SSSR count). The highest BCUT2D eigenvalue weighted by Gasteiger charge is 2.32. The molecule has 1 aromatic carbocycles. The van der Waals surface area contributed by atoms with Crippen molar-refractivity contribution in [2.75, 3.05) is 13.7 Å². The van der Waals surface area contributed by atoms with Gasteiger partial charge in [0, 0.05) is 0 Å². The lowest BCUT2D eigenvalue weighted by atomic mass is 9.79. The lowest BCUT2D eigenvalue weighted by Gasteiger charge is -2.29. The number of hydrogen-bond acceptors (Lipinski definition) is 4. The van der Waals surface area contributed by atoms with Crippen LogP contribution in [-0.4, -0.2) is 24.9 Å². The molecule has 0 aromatic heterocycles. The maximum absolute atomic E-state index is 10.3. The van der Waals surface area contributed by atoms with Crippen molar-refractivity contribution in [3.05, 3.63) is 23.8 Å². The van der Waals surface area contributed by atoms with E-state index in [9.17, 15) is 10.4 Å². The highest BCUT2D eigenvalue weighted by Crippen LogP contribution is 2.36. The van der Waals surface area contributed by atoms with Crippen LogP contribution >= 0.6 is 0 Å². The van der Waals surface area contributed by atoms with Gasteiger partial charge in [0.1, 0.15) is 0 Å².